The number of hydrogen-bond donors (Lipinski definition) is 1. The Hall–Kier alpha value is -2.58. The molecule has 3 aromatic carbocycles. The fraction of sp³-hybridized carbons (Fsp3) is 0. The first kappa shape index (κ1) is 20.7. The summed E-state index contributed by atoms with van der Waals surface area (Å²) >= 11 is 18.1. The smallest absolute Gasteiger partial charge is 0.335 e. The molecule has 0 amide bonds. The topological polar surface area (TPSA) is 89.3 Å². The maximum absolute atomic E-state index is 13.4. The Morgan fingerprint density at radius 3 is 2.23 bits per heavy atom. The van der Waals surface area contributed by atoms with Gasteiger partial charge in [-0.1, -0.05) is 65.1 Å². The van der Waals surface area contributed by atoms with E-state index in [0.717, 1.165) is 4.09 Å². The quantitative estimate of drug-likeness (QED) is 0.383. The predicted molar refractivity (Wildman–Crippen MR) is 116 cm³/mol. The van der Waals surface area contributed by atoms with Crippen LogP contribution in [0.1, 0.15) is 10.4 Å². The molecule has 0 spiro atoms. The minimum Gasteiger partial charge on any atom is -0.478 e. The highest BCUT2D eigenvalue weighted by Crippen LogP contribution is 2.37. The van der Waals surface area contributed by atoms with Crippen molar-refractivity contribution in [1.29, 1.82) is 0 Å². The highest BCUT2D eigenvalue weighted by atomic mass is 35.5. The van der Waals surface area contributed by atoms with Crippen LogP contribution in [0.4, 0.5) is 0 Å². The third-order valence-corrected chi connectivity index (χ3v) is 7.50. The summed E-state index contributed by atoms with van der Waals surface area (Å²) in [4.78, 5) is 10.9. The second-order valence-electron chi connectivity index (χ2n) is 6.27. The molecule has 4 rings (SSSR count). The van der Waals surface area contributed by atoms with Crippen LogP contribution in [0.25, 0.3) is 22.2 Å². The minimum atomic E-state index is -4.21. The van der Waals surface area contributed by atoms with Gasteiger partial charge in [0.2, 0.25) is 0 Å². The number of hydrogen-bond acceptors (Lipinski definition) is 4. The van der Waals surface area contributed by atoms with Crippen LogP contribution in [0.5, 0.6) is 0 Å². The predicted octanol–water partition coefficient (Wildman–Crippen LogP) is 5.60. The number of carbonyl (C=O) groups is 1. The van der Waals surface area contributed by atoms with Gasteiger partial charge in [0.1, 0.15) is 10.6 Å². The number of rotatable bonds is 4. The molecule has 4 aromatic rings. The highest BCUT2D eigenvalue weighted by molar-refractivity contribution is 7.90. The van der Waals surface area contributed by atoms with Crippen molar-refractivity contribution in [3.05, 3.63) is 81.3 Å². The number of para-hydroxylation sites is 1. The Kier molecular flexibility index (Phi) is 5.23. The van der Waals surface area contributed by atoms with Crippen molar-refractivity contribution in [2.24, 2.45) is 0 Å². The Balaban J connectivity index is 1.95. The van der Waals surface area contributed by atoms with Crippen molar-refractivity contribution in [1.82, 2.24) is 9.19 Å². The van der Waals surface area contributed by atoms with Crippen LogP contribution in [-0.4, -0.2) is 28.7 Å². The van der Waals surface area contributed by atoms with E-state index in [9.17, 15) is 13.2 Å². The Morgan fingerprint density at radius 1 is 0.900 bits per heavy atom. The molecule has 1 aromatic heterocycles. The molecule has 0 fully saturated rings. The van der Waals surface area contributed by atoms with Crippen LogP contribution in [0.2, 0.25) is 15.1 Å². The SMILES string of the molecule is O=C(O)c1ccc(-c2nn(S(=O)(=O)c3ccc(Cl)c(Cl)c3Cl)c3ccccc23)cc1. The Bertz CT molecular complexity index is 1410. The number of aromatic nitrogens is 2. The van der Waals surface area contributed by atoms with Crippen molar-refractivity contribution in [3.8, 4) is 11.3 Å². The summed E-state index contributed by atoms with van der Waals surface area (Å²) in [6.07, 6.45) is 0. The van der Waals surface area contributed by atoms with Crippen molar-refractivity contribution in [2.45, 2.75) is 4.90 Å². The molecule has 10 heteroatoms. The lowest BCUT2D eigenvalue weighted by molar-refractivity contribution is 0.0697. The molecule has 0 aliphatic rings. The zero-order valence-electron chi connectivity index (χ0n) is 14.9. The molecule has 0 saturated heterocycles. The Morgan fingerprint density at radius 2 is 1.57 bits per heavy atom. The number of aromatic carboxylic acids is 1. The van der Waals surface area contributed by atoms with E-state index >= 15 is 0 Å². The third kappa shape index (κ3) is 3.33. The molecule has 0 bridgehead atoms. The molecule has 6 nitrogen and oxygen atoms in total. The molecule has 1 N–H and O–H groups in total. The average Bonchev–Trinajstić information content (AvgIpc) is 3.12. The largest absolute Gasteiger partial charge is 0.478 e. The molecular weight excluding hydrogens is 471 g/mol. The van der Waals surface area contributed by atoms with Gasteiger partial charge in [-0.05, 0) is 30.3 Å². The monoisotopic (exact) mass is 480 g/mol. The maximum atomic E-state index is 13.4. The van der Waals surface area contributed by atoms with E-state index in [1.165, 1.54) is 24.3 Å². The van der Waals surface area contributed by atoms with E-state index < -0.39 is 16.0 Å². The normalized spacial score (nSPS) is 11.7. The van der Waals surface area contributed by atoms with Crippen molar-refractivity contribution in [2.75, 3.05) is 0 Å². The number of nitrogens with zero attached hydrogens (tertiary/aromatic N) is 2. The lowest BCUT2D eigenvalue weighted by Gasteiger charge is -2.09. The molecule has 0 saturated carbocycles. The van der Waals surface area contributed by atoms with Gasteiger partial charge in [-0.15, -0.1) is 0 Å². The van der Waals surface area contributed by atoms with E-state index in [0.29, 0.717) is 22.2 Å². The fourth-order valence-corrected chi connectivity index (χ4v) is 5.25. The van der Waals surface area contributed by atoms with Crippen LogP contribution in [-0.2, 0) is 10.0 Å². The summed E-state index contributed by atoms with van der Waals surface area (Å²) in [5, 5.41) is 13.8. The van der Waals surface area contributed by atoms with Gasteiger partial charge in [0.15, 0.2) is 0 Å². The summed E-state index contributed by atoms with van der Waals surface area (Å²) in [6, 6.07) is 15.4. The lowest BCUT2D eigenvalue weighted by atomic mass is 10.1. The average molecular weight is 482 g/mol. The van der Waals surface area contributed by atoms with Gasteiger partial charge in [0.05, 0.1) is 26.1 Å². The third-order valence-electron chi connectivity index (χ3n) is 4.47. The summed E-state index contributed by atoms with van der Waals surface area (Å²) in [6.45, 7) is 0. The second kappa shape index (κ2) is 7.59. The summed E-state index contributed by atoms with van der Waals surface area (Å²) in [5.74, 6) is -1.06. The van der Waals surface area contributed by atoms with Crippen molar-refractivity contribution >= 4 is 61.7 Å². The van der Waals surface area contributed by atoms with Crippen LogP contribution in [0, 0.1) is 0 Å². The summed E-state index contributed by atoms with van der Waals surface area (Å²) in [7, 11) is -4.21. The van der Waals surface area contributed by atoms with Crippen LogP contribution in [0.3, 0.4) is 0 Å². The molecular formula is C20H11Cl3N2O4S. The molecule has 30 heavy (non-hydrogen) atoms. The van der Waals surface area contributed by atoms with Crippen molar-refractivity contribution < 1.29 is 18.3 Å². The fourth-order valence-electron chi connectivity index (χ4n) is 3.01. The second-order valence-corrected chi connectivity index (χ2v) is 9.17. The standard InChI is InChI=1S/C20H11Cl3N2O4S/c21-14-9-10-16(18(23)17(14)22)30(28,29)25-15-4-2-1-3-13(15)19(24-25)11-5-7-12(8-6-11)20(26)27/h1-10H,(H,26,27). The van der Waals surface area contributed by atoms with E-state index in [1.54, 1.807) is 36.4 Å². The number of halogens is 3. The lowest BCUT2D eigenvalue weighted by Crippen LogP contribution is -2.15. The first-order chi connectivity index (χ1) is 14.2. The van der Waals surface area contributed by atoms with Gasteiger partial charge in [0, 0.05) is 10.9 Å². The molecule has 0 unspecified atom stereocenters. The molecule has 152 valence electrons. The first-order valence-electron chi connectivity index (χ1n) is 8.42. The number of carboxylic acid groups (broad SMARTS) is 1. The van der Waals surface area contributed by atoms with E-state index in [2.05, 4.69) is 5.10 Å². The first-order valence-corrected chi connectivity index (χ1v) is 11.0. The van der Waals surface area contributed by atoms with Gasteiger partial charge < -0.3 is 5.11 Å². The van der Waals surface area contributed by atoms with E-state index in [-0.39, 0.29) is 25.5 Å². The molecule has 0 radical (unpaired) electrons. The zero-order chi connectivity index (χ0) is 21.6. The van der Waals surface area contributed by atoms with E-state index in [1.807, 2.05) is 0 Å². The Labute approximate surface area is 186 Å². The van der Waals surface area contributed by atoms with Crippen LogP contribution < -0.4 is 0 Å². The summed E-state index contributed by atoms with van der Waals surface area (Å²) in [5.41, 5.74) is 1.38. The van der Waals surface area contributed by atoms with Gasteiger partial charge in [-0.2, -0.15) is 17.6 Å². The molecule has 0 aliphatic heterocycles. The number of fused-ring (bicyclic) bond motifs is 1. The van der Waals surface area contributed by atoms with Crippen molar-refractivity contribution in [3.63, 3.8) is 0 Å². The zero-order valence-corrected chi connectivity index (χ0v) is 18.0. The maximum Gasteiger partial charge on any atom is 0.335 e. The van der Waals surface area contributed by atoms with Crippen LogP contribution in [0.15, 0.2) is 65.6 Å². The molecule has 0 aliphatic carbocycles. The molecule has 1 heterocycles. The van der Waals surface area contributed by atoms with Gasteiger partial charge in [-0.3, -0.25) is 0 Å². The van der Waals surface area contributed by atoms with Gasteiger partial charge >= 0.3 is 5.97 Å². The highest BCUT2D eigenvalue weighted by Gasteiger charge is 2.27. The minimum absolute atomic E-state index is 0.0691. The van der Waals surface area contributed by atoms with Gasteiger partial charge in [0.25, 0.3) is 10.0 Å². The number of carboxylic acids is 1. The van der Waals surface area contributed by atoms with Crippen LogP contribution >= 0.6 is 34.8 Å². The molecule has 0 atom stereocenters. The number of benzene rings is 3. The van der Waals surface area contributed by atoms with Gasteiger partial charge in [-0.25, -0.2) is 4.79 Å². The summed E-state index contributed by atoms with van der Waals surface area (Å²) < 4.78 is 27.6. The van der Waals surface area contributed by atoms with E-state index in [4.69, 9.17) is 39.9 Å².